The molecule has 0 saturated heterocycles. The molecule has 0 aliphatic heterocycles. The number of benzene rings is 2. The normalized spacial score (nSPS) is 10.2. The first-order valence-electron chi connectivity index (χ1n) is 6.49. The van der Waals surface area contributed by atoms with Crippen LogP contribution in [-0.2, 0) is 10.6 Å². The van der Waals surface area contributed by atoms with Crippen LogP contribution in [0.3, 0.4) is 0 Å². The molecule has 20 heavy (non-hydrogen) atoms. The van der Waals surface area contributed by atoms with Crippen molar-refractivity contribution in [2.45, 2.75) is 10.6 Å². The van der Waals surface area contributed by atoms with E-state index >= 15 is 0 Å². The molecule has 2 aromatic rings. The third-order valence-corrected chi connectivity index (χ3v) is 9.59. The van der Waals surface area contributed by atoms with E-state index in [1.165, 1.54) is 32.9 Å². The van der Waals surface area contributed by atoms with Gasteiger partial charge in [0.05, 0.1) is 0 Å². The van der Waals surface area contributed by atoms with Gasteiger partial charge in [-0.15, -0.1) is 0 Å². The summed E-state index contributed by atoms with van der Waals surface area (Å²) in [7, 11) is 0. The van der Waals surface area contributed by atoms with Gasteiger partial charge in [-0.05, 0) is 0 Å². The van der Waals surface area contributed by atoms with Crippen LogP contribution in [0.1, 0.15) is 22.3 Å². The molecule has 0 aliphatic carbocycles. The summed E-state index contributed by atoms with van der Waals surface area (Å²) in [6, 6.07) is 17.5. The van der Waals surface area contributed by atoms with E-state index in [0.29, 0.717) is 0 Å². The maximum atomic E-state index is 3.78. The van der Waals surface area contributed by atoms with Crippen molar-refractivity contribution in [3.05, 3.63) is 83.9 Å². The second-order valence-electron chi connectivity index (χ2n) is 4.42. The molecule has 0 N–H and O–H groups in total. The number of rotatable bonds is 7. The van der Waals surface area contributed by atoms with E-state index < -0.39 is 0 Å². The molecule has 0 heterocycles. The Kier molecular flexibility index (Phi) is 6.36. The zero-order valence-corrected chi connectivity index (χ0v) is 14.8. The van der Waals surface area contributed by atoms with Crippen LogP contribution < -0.4 is 0 Å². The fraction of sp³-hybridized carbons (Fsp3) is 0.111. The summed E-state index contributed by atoms with van der Waals surface area (Å²) in [4.78, 5) is 0. The summed E-state index contributed by atoms with van der Waals surface area (Å²) < 4.78 is 0. The van der Waals surface area contributed by atoms with Crippen LogP contribution in [0.25, 0.3) is 12.2 Å². The zero-order valence-electron chi connectivity index (χ0n) is 11.4. The van der Waals surface area contributed by atoms with Crippen LogP contribution in [0.5, 0.6) is 0 Å². The average molecular weight is 392 g/mol. The van der Waals surface area contributed by atoms with Gasteiger partial charge < -0.3 is 0 Å². The van der Waals surface area contributed by atoms with E-state index in [2.05, 4.69) is 61.7 Å². The molecule has 0 aromatic heterocycles. The molecule has 0 nitrogen and oxygen atoms in total. The van der Waals surface area contributed by atoms with Crippen LogP contribution >= 0.6 is 0 Å². The van der Waals surface area contributed by atoms with Gasteiger partial charge >= 0.3 is 133 Å². The minimum atomic E-state index is 0.736. The van der Waals surface area contributed by atoms with Crippen molar-refractivity contribution in [3.8, 4) is 0 Å². The third-order valence-electron chi connectivity index (χ3n) is 2.97. The predicted octanol–water partition coefficient (Wildman–Crippen LogP) is 4.00. The van der Waals surface area contributed by atoms with E-state index in [0.717, 1.165) is 26.3 Å². The van der Waals surface area contributed by atoms with Gasteiger partial charge in [0.1, 0.15) is 0 Å². The topological polar surface area (TPSA) is 0 Å². The van der Waals surface area contributed by atoms with Gasteiger partial charge in [-0.25, -0.2) is 0 Å². The molecule has 0 fully saturated rings. The molecule has 2 heteroatoms. The second kappa shape index (κ2) is 8.29. The van der Waals surface area contributed by atoms with E-state index in [-0.39, 0.29) is 0 Å². The van der Waals surface area contributed by atoms with Crippen molar-refractivity contribution in [2.75, 3.05) is 0 Å². The van der Waals surface area contributed by atoms with E-state index in [9.17, 15) is 0 Å². The Labute approximate surface area is 132 Å². The third kappa shape index (κ3) is 4.81. The monoisotopic (exact) mass is 394 g/mol. The Morgan fingerprint density at radius 1 is 0.650 bits per heavy atom. The van der Waals surface area contributed by atoms with Gasteiger partial charge in [0.2, 0.25) is 0 Å². The molecule has 0 spiro atoms. The quantitative estimate of drug-likeness (QED) is 0.494. The molecule has 2 rings (SSSR count). The zero-order chi connectivity index (χ0) is 14.2. The maximum absolute atomic E-state index is 3.78. The molecule has 0 atom stereocenters. The fourth-order valence-corrected chi connectivity index (χ4v) is 8.23. The summed E-state index contributed by atoms with van der Waals surface area (Å²) in [5.41, 5.74) is 5.32. The first-order chi connectivity index (χ1) is 9.81. The van der Waals surface area contributed by atoms with Crippen LogP contribution in [0, 0.1) is 0 Å². The Morgan fingerprint density at radius 2 is 1.00 bits per heavy atom. The Morgan fingerprint density at radius 3 is 1.30 bits per heavy atom. The molecule has 102 valence electrons. The summed E-state index contributed by atoms with van der Waals surface area (Å²) in [6.07, 6.45) is 3.79. The van der Waals surface area contributed by atoms with Crippen molar-refractivity contribution in [1.29, 1.82) is 0 Å². The van der Waals surface area contributed by atoms with Gasteiger partial charge in [-0.3, -0.25) is 0 Å². The number of hydrogen-bond acceptors (Lipinski definition) is 0. The average Bonchev–Trinajstić information content (AvgIpc) is 2.53. The fourth-order valence-electron chi connectivity index (χ4n) is 1.72. The standard InChI is InChI=1S/C18H18Se2/c1-3-15-5-9-17(10-6-15)13-19-20-14-18-11-7-16(4-2)8-12-18/h3-12H,1-2,13-14H2. The minimum absolute atomic E-state index is 0.736. The van der Waals surface area contributed by atoms with Crippen molar-refractivity contribution >= 4 is 38.4 Å². The van der Waals surface area contributed by atoms with Crippen molar-refractivity contribution in [3.63, 3.8) is 0 Å². The molecular weight excluding hydrogens is 374 g/mol. The Bertz CT molecular complexity index is 499. The Balaban J connectivity index is 1.74. The summed E-state index contributed by atoms with van der Waals surface area (Å²) in [5, 5.41) is 2.49. The number of hydrogen-bond donors (Lipinski definition) is 0. The molecule has 0 saturated carbocycles. The van der Waals surface area contributed by atoms with Crippen LogP contribution in [0.15, 0.2) is 61.7 Å². The molecule has 0 unspecified atom stereocenters. The van der Waals surface area contributed by atoms with E-state index in [4.69, 9.17) is 0 Å². The molecule has 0 aliphatic rings. The van der Waals surface area contributed by atoms with E-state index in [1.54, 1.807) is 0 Å². The SMILES string of the molecule is C=Cc1ccc(C[Se][Se]Cc2ccc(C=C)cc2)cc1. The predicted molar refractivity (Wildman–Crippen MR) is 92.0 cm³/mol. The molecule has 0 bridgehead atoms. The summed E-state index contributed by atoms with van der Waals surface area (Å²) in [5.74, 6) is 0. The second-order valence-corrected chi connectivity index (χ2v) is 11.8. The molecule has 2 aromatic carbocycles. The first-order valence-corrected chi connectivity index (χ1v) is 13.2. The van der Waals surface area contributed by atoms with E-state index in [1.807, 2.05) is 12.2 Å². The van der Waals surface area contributed by atoms with Gasteiger partial charge in [0.15, 0.2) is 0 Å². The van der Waals surface area contributed by atoms with Gasteiger partial charge in [-0.1, -0.05) is 0 Å². The molecule has 0 amide bonds. The van der Waals surface area contributed by atoms with Crippen LogP contribution in [0.4, 0.5) is 0 Å². The van der Waals surface area contributed by atoms with Gasteiger partial charge in [0.25, 0.3) is 0 Å². The van der Waals surface area contributed by atoms with Crippen molar-refractivity contribution in [2.24, 2.45) is 0 Å². The van der Waals surface area contributed by atoms with Crippen molar-refractivity contribution in [1.82, 2.24) is 0 Å². The van der Waals surface area contributed by atoms with Crippen LogP contribution in [-0.4, -0.2) is 26.3 Å². The first kappa shape index (κ1) is 15.3. The summed E-state index contributed by atoms with van der Waals surface area (Å²) >= 11 is 1.47. The summed E-state index contributed by atoms with van der Waals surface area (Å²) in [6.45, 7) is 7.57. The van der Waals surface area contributed by atoms with Gasteiger partial charge in [0, 0.05) is 0 Å². The van der Waals surface area contributed by atoms with Gasteiger partial charge in [-0.2, -0.15) is 0 Å². The Hall–Kier alpha value is -1.04. The van der Waals surface area contributed by atoms with Crippen LogP contribution in [0.2, 0.25) is 0 Å². The van der Waals surface area contributed by atoms with Crippen molar-refractivity contribution < 1.29 is 0 Å². The molecular formula is C18H18Se2. The molecule has 0 radical (unpaired) electrons.